The molecule has 0 spiro atoms. The van der Waals surface area contributed by atoms with E-state index in [2.05, 4.69) is 55.3 Å². The van der Waals surface area contributed by atoms with Crippen LogP contribution in [0.1, 0.15) is 32.8 Å². The maximum atomic E-state index is 5.68. The number of hydrogen-bond donors (Lipinski definition) is 1. The largest absolute Gasteiger partial charge is 0.491 e. The highest BCUT2D eigenvalue weighted by Gasteiger charge is 2.23. The van der Waals surface area contributed by atoms with Gasteiger partial charge in [0.05, 0.1) is 6.10 Å². The second kappa shape index (κ2) is 6.92. The Labute approximate surface area is 116 Å². The van der Waals surface area contributed by atoms with E-state index >= 15 is 0 Å². The van der Waals surface area contributed by atoms with Gasteiger partial charge in [-0.25, -0.2) is 0 Å². The second-order valence-corrected chi connectivity index (χ2v) is 5.59. The van der Waals surface area contributed by atoms with Gasteiger partial charge in [-0.05, 0) is 44.5 Å². The number of nitrogens with one attached hydrogen (secondary N) is 1. The van der Waals surface area contributed by atoms with E-state index in [0.29, 0.717) is 6.04 Å². The smallest absolute Gasteiger partial charge is 0.119 e. The summed E-state index contributed by atoms with van der Waals surface area (Å²) in [6.45, 7) is 10.8. The van der Waals surface area contributed by atoms with Gasteiger partial charge in [-0.1, -0.05) is 19.1 Å². The Kier molecular flexibility index (Phi) is 5.23. The average molecular weight is 262 g/mol. The van der Waals surface area contributed by atoms with Gasteiger partial charge in [0.25, 0.3) is 0 Å². The van der Waals surface area contributed by atoms with E-state index in [-0.39, 0.29) is 6.10 Å². The van der Waals surface area contributed by atoms with Crippen molar-refractivity contribution in [3.63, 3.8) is 0 Å². The molecular formula is C16H26N2O. The normalized spacial score (nSPS) is 15.8. The summed E-state index contributed by atoms with van der Waals surface area (Å²) in [7, 11) is 0. The number of rotatable bonds is 7. The second-order valence-electron chi connectivity index (χ2n) is 5.59. The number of nitrogens with zero attached hydrogens (tertiary/aromatic N) is 1. The fourth-order valence-electron chi connectivity index (χ4n) is 2.39. The molecule has 1 aromatic rings. The number of ether oxygens (including phenoxy) is 1. The van der Waals surface area contributed by atoms with E-state index in [9.17, 15) is 0 Å². The first-order chi connectivity index (χ1) is 9.19. The first-order valence-corrected chi connectivity index (χ1v) is 7.39. The SMILES string of the molecule is CCCN(Cc1ccc(OC(C)C)cc1)C1CNC1. The molecule has 2 rings (SSSR count). The molecule has 1 aliphatic heterocycles. The molecular weight excluding hydrogens is 236 g/mol. The van der Waals surface area contributed by atoms with E-state index < -0.39 is 0 Å². The molecule has 0 amide bonds. The minimum atomic E-state index is 0.239. The van der Waals surface area contributed by atoms with Crippen molar-refractivity contribution in [2.45, 2.75) is 45.9 Å². The van der Waals surface area contributed by atoms with Gasteiger partial charge in [-0.2, -0.15) is 0 Å². The van der Waals surface area contributed by atoms with Gasteiger partial charge in [-0.15, -0.1) is 0 Å². The van der Waals surface area contributed by atoms with Crippen LogP contribution in [0.25, 0.3) is 0 Å². The molecule has 0 atom stereocenters. The third kappa shape index (κ3) is 4.22. The quantitative estimate of drug-likeness (QED) is 0.817. The zero-order valence-electron chi connectivity index (χ0n) is 12.4. The molecule has 19 heavy (non-hydrogen) atoms. The van der Waals surface area contributed by atoms with Gasteiger partial charge in [0, 0.05) is 25.7 Å². The van der Waals surface area contributed by atoms with Crippen molar-refractivity contribution >= 4 is 0 Å². The average Bonchev–Trinajstić information content (AvgIpc) is 2.29. The fourth-order valence-corrected chi connectivity index (χ4v) is 2.39. The molecule has 3 heteroatoms. The Balaban J connectivity index is 1.92. The summed E-state index contributed by atoms with van der Waals surface area (Å²) in [5.41, 5.74) is 1.37. The van der Waals surface area contributed by atoms with Crippen molar-refractivity contribution in [1.29, 1.82) is 0 Å². The Morgan fingerprint density at radius 3 is 2.42 bits per heavy atom. The molecule has 1 fully saturated rings. The maximum absolute atomic E-state index is 5.68. The monoisotopic (exact) mass is 262 g/mol. The molecule has 3 nitrogen and oxygen atoms in total. The fraction of sp³-hybridized carbons (Fsp3) is 0.625. The molecule has 1 saturated heterocycles. The summed E-state index contributed by atoms with van der Waals surface area (Å²) < 4.78 is 5.68. The standard InChI is InChI=1S/C16H26N2O/c1-4-9-18(15-10-17-11-15)12-14-5-7-16(8-6-14)19-13(2)3/h5-8,13,15,17H,4,9-12H2,1-3H3. The van der Waals surface area contributed by atoms with Gasteiger partial charge < -0.3 is 10.1 Å². The molecule has 0 unspecified atom stereocenters. The van der Waals surface area contributed by atoms with Crippen LogP contribution >= 0.6 is 0 Å². The lowest BCUT2D eigenvalue weighted by atomic mass is 10.1. The van der Waals surface area contributed by atoms with Crippen molar-refractivity contribution in [2.24, 2.45) is 0 Å². The van der Waals surface area contributed by atoms with Gasteiger partial charge in [0.1, 0.15) is 5.75 Å². The zero-order chi connectivity index (χ0) is 13.7. The summed E-state index contributed by atoms with van der Waals surface area (Å²) in [6.07, 6.45) is 1.45. The molecule has 0 aliphatic carbocycles. The van der Waals surface area contributed by atoms with Crippen LogP contribution in [0.5, 0.6) is 5.75 Å². The highest BCUT2D eigenvalue weighted by atomic mass is 16.5. The lowest BCUT2D eigenvalue weighted by Gasteiger charge is -2.38. The Morgan fingerprint density at radius 2 is 1.95 bits per heavy atom. The molecule has 0 radical (unpaired) electrons. The summed E-state index contributed by atoms with van der Waals surface area (Å²) in [6, 6.07) is 9.25. The number of benzene rings is 1. The summed E-state index contributed by atoms with van der Waals surface area (Å²) in [5, 5.41) is 3.35. The predicted octanol–water partition coefficient (Wildman–Crippen LogP) is 2.66. The molecule has 1 aliphatic rings. The van der Waals surface area contributed by atoms with Crippen LogP contribution in [0.15, 0.2) is 24.3 Å². The molecule has 106 valence electrons. The topological polar surface area (TPSA) is 24.5 Å². The van der Waals surface area contributed by atoms with Gasteiger partial charge in [-0.3, -0.25) is 4.90 Å². The molecule has 1 heterocycles. The van der Waals surface area contributed by atoms with Crippen molar-refractivity contribution in [3.8, 4) is 5.75 Å². The molecule has 1 N–H and O–H groups in total. The number of hydrogen-bond acceptors (Lipinski definition) is 3. The lowest BCUT2D eigenvalue weighted by Crippen LogP contribution is -2.56. The minimum absolute atomic E-state index is 0.239. The van der Waals surface area contributed by atoms with E-state index in [1.807, 2.05) is 0 Å². The van der Waals surface area contributed by atoms with Crippen LogP contribution in [0.4, 0.5) is 0 Å². The summed E-state index contributed by atoms with van der Waals surface area (Å²) >= 11 is 0. The van der Waals surface area contributed by atoms with Crippen LogP contribution in [0.2, 0.25) is 0 Å². The zero-order valence-corrected chi connectivity index (χ0v) is 12.4. The van der Waals surface area contributed by atoms with Crippen LogP contribution in [0, 0.1) is 0 Å². The van der Waals surface area contributed by atoms with Crippen molar-refractivity contribution < 1.29 is 4.74 Å². The molecule has 0 bridgehead atoms. The molecule has 0 aromatic heterocycles. The van der Waals surface area contributed by atoms with Gasteiger partial charge in [0.2, 0.25) is 0 Å². The Morgan fingerprint density at radius 1 is 1.26 bits per heavy atom. The van der Waals surface area contributed by atoms with E-state index in [1.165, 1.54) is 18.5 Å². The summed E-state index contributed by atoms with van der Waals surface area (Å²) in [4.78, 5) is 2.58. The molecule has 1 aromatic carbocycles. The highest BCUT2D eigenvalue weighted by molar-refractivity contribution is 5.27. The van der Waals surface area contributed by atoms with E-state index in [1.54, 1.807) is 0 Å². The van der Waals surface area contributed by atoms with Gasteiger partial charge >= 0.3 is 0 Å². The predicted molar refractivity (Wildman–Crippen MR) is 79.6 cm³/mol. The maximum Gasteiger partial charge on any atom is 0.119 e. The third-order valence-electron chi connectivity index (χ3n) is 3.47. The van der Waals surface area contributed by atoms with Crippen molar-refractivity contribution in [1.82, 2.24) is 10.2 Å². The van der Waals surface area contributed by atoms with Crippen LogP contribution in [0.3, 0.4) is 0 Å². The Bertz CT molecular complexity index is 371. The first-order valence-electron chi connectivity index (χ1n) is 7.39. The Hall–Kier alpha value is -1.06. The summed E-state index contributed by atoms with van der Waals surface area (Å²) in [5.74, 6) is 0.964. The minimum Gasteiger partial charge on any atom is -0.491 e. The van der Waals surface area contributed by atoms with Crippen molar-refractivity contribution in [3.05, 3.63) is 29.8 Å². The van der Waals surface area contributed by atoms with Crippen LogP contribution in [-0.2, 0) is 6.54 Å². The van der Waals surface area contributed by atoms with Crippen LogP contribution in [-0.4, -0.2) is 36.7 Å². The van der Waals surface area contributed by atoms with Crippen molar-refractivity contribution in [2.75, 3.05) is 19.6 Å². The van der Waals surface area contributed by atoms with E-state index in [4.69, 9.17) is 4.74 Å². The third-order valence-corrected chi connectivity index (χ3v) is 3.47. The van der Waals surface area contributed by atoms with Gasteiger partial charge in [0.15, 0.2) is 0 Å². The molecule has 0 saturated carbocycles. The highest BCUT2D eigenvalue weighted by Crippen LogP contribution is 2.17. The first kappa shape index (κ1) is 14.4. The van der Waals surface area contributed by atoms with Crippen LogP contribution < -0.4 is 10.1 Å². The lowest BCUT2D eigenvalue weighted by molar-refractivity contribution is 0.138. The van der Waals surface area contributed by atoms with E-state index in [0.717, 1.165) is 25.4 Å².